The lowest BCUT2D eigenvalue weighted by atomic mass is 10.1. The number of hydrogen-bond donors (Lipinski definition) is 1. The van der Waals surface area contributed by atoms with E-state index < -0.39 is 8.60 Å². The molecule has 0 aromatic rings. The van der Waals surface area contributed by atoms with Crippen LogP contribution in [0.2, 0.25) is 0 Å². The Hall–Kier alpha value is -0.240. The van der Waals surface area contributed by atoms with Gasteiger partial charge in [0.1, 0.15) is 0 Å². The lowest BCUT2D eigenvalue weighted by Crippen LogP contribution is -2.17. The molecule has 1 unspecified atom stereocenters. The van der Waals surface area contributed by atoms with Gasteiger partial charge in [0, 0.05) is 6.61 Å². The maximum Gasteiger partial charge on any atom is 0.329 e. The fourth-order valence-corrected chi connectivity index (χ4v) is 2.08. The van der Waals surface area contributed by atoms with Crippen LogP contribution in [0.3, 0.4) is 0 Å². The fourth-order valence-electron chi connectivity index (χ4n) is 1.47. The lowest BCUT2D eigenvalue weighted by Gasteiger charge is -2.16. The van der Waals surface area contributed by atoms with Crippen molar-refractivity contribution in [1.29, 1.82) is 5.26 Å². The van der Waals surface area contributed by atoms with Gasteiger partial charge in [0.25, 0.3) is 0 Å². The monoisotopic (exact) mass is 247 g/mol. The largest absolute Gasteiger partial charge is 0.376 e. The lowest BCUT2D eigenvalue weighted by molar-refractivity contribution is 0.0193. The third-order valence-electron chi connectivity index (χ3n) is 2.31. The number of ether oxygens (including phenoxy) is 1. The Morgan fingerprint density at radius 3 is 3.06 bits per heavy atom. The quantitative estimate of drug-likeness (QED) is 0.575. The van der Waals surface area contributed by atoms with Crippen LogP contribution in [0.25, 0.3) is 0 Å². The molecule has 0 spiro atoms. The zero-order valence-corrected chi connectivity index (χ0v) is 10.2. The summed E-state index contributed by atoms with van der Waals surface area (Å²) in [4.78, 5) is 9.33. The first-order valence-electron chi connectivity index (χ1n) is 5.56. The van der Waals surface area contributed by atoms with Crippen LogP contribution in [0.1, 0.15) is 32.1 Å². The molecule has 1 aliphatic rings. The maximum atomic E-state index is 9.33. The molecule has 1 rings (SSSR count). The van der Waals surface area contributed by atoms with Gasteiger partial charge < -0.3 is 18.7 Å². The van der Waals surface area contributed by atoms with Crippen LogP contribution in [-0.2, 0) is 13.8 Å². The fraction of sp³-hybridized carbons (Fsp3) is 0.900. The molecule has 0 aromatic carbocycles. The summed E-state index contributed by atoms with van der Waals surface area (Å²) in [5, 5.41) is 8.28. The molecule has 0 amide bonds. The Labute approximate surface area is 97.3 Å². The zero-order chi connectivity index (χ0) is 11.6. The van der Waals surface area contributed by atoms with E-state index in [1.165, 1.54) is 6.42 Å². The van der Waals surface area contributed by atoms with Gasteiger partial charge in [-0.25, -0.2) is 0 Å². The first kappa shape index (κ1) is 13.8. The summed E-state index contributed by atoms with van der Waals surface area (Å²) in [6.07, 6.45) is 4.75. The molecular weight excluding hydrogens is 229 g/mol. The SMILES string of the molecule is N#CCCOP(O)OC[C@@H]1CCCCCO1. The summed E-state index contributed by atoms with van der Waals surface area (Å²) in [5.74, 6) is 0. The van der Waals surface area contributed by atoms with Gasteiger partial charge in [-0.15, -0.1) is 0 Å². The molecule has 1 aliphatic heterocycles. The van der Waals surface area contributed by atoms with E-state index in [2.05, 4.69) is 0 Å². The minimum Gasteiger partial charge on any atom is -0.376 e. The third kappa shape index (κ3) is 6.37. The number of nitriles is 1. The van der Waals surface area contributed by atoms with Crippen molar-refractivity contribution in [3.05, 3.63) is 0 Å². The number of hydrogen-bond acceptors (Lipinski definition) is 5. The molecule has 0 bridgehead atoms. The van der Waals surface area contributed by atoms with Gasteiger partial charge in [-0.1, -0.05) is 12.8 Å². The van der Waals surface area contributed by atoms with Crippen molar-refractivity contribution < 1.29 is 18.7 Å². The molecule has 0 aromatic heterocycles. The average molecular weight is 247 g/mol. The van der Waals surface area contributed by atoms with Gasteiger partial charge in [0.05, 0.1) is 31.8 Å². The molecule has 1 fully saturated rings. The van der Waals surface area contributed by atoms with Crippen molar-refractivity contribution in [3.63, 3.8) is 0 Å². The minimum absolute atomic E-state index is 0.0687. The van der Waals surface area contributed by atoms with E-state index in [4.69, 9.17) is 19.0 Å². The Bertz CT molecular complexity index is 213. The van der Waals surface area contributed by atoms with E-state index in [0.29, 0.717) is 6.61 Å². The molecule has 5 nitrogen and oxygen atoms in total. The Kier molecular flexibility index (Phi) is 7.65. The Balaban J connectivity index is 2.05. The van der Waals surface area contributed by atoms with E-state index in [1.54, 1.807) is 0 Å². The smallest absolute Gasteiger partial charge is 0.329 e. The molecule has 1 heterocycles. The summed E-state index contributed by atoms with van der Waals surface area (Å²) in [5.41, 5.74) is 0. The van der Waals surface area contributed by atoms with Gasteiger partial charge in [-0.3, -0.25) is 0 Å². The summed E-state index contributed by atoms with van der Waals surface area (Å²) in [6.45, 7) is 1.35. The first-order valence-corrected chi connectivity index (χ1v) is 6.69. The summed E-state index contributed by atoms with van der Waals surface area (Å²) in [6, 6.07) is 1.93. The second-order valence-electron chi connectivity index (χ2n) is 3.62. The average Bonchev–Trinajstić information content (AvgIpc) is 2.55. The summed E-state index contributed by atoms with van der Waals surface area (Å²) >= 11 is 0. The highest BCUT2D eigenvalue weighted by Gasteiger charge is 2.15. The minimum atomic E-state index is -1.86. The third-order valence-corrected chi connectivity index (χ3v) is 3.08. The van der Waals surface area contributed by atoms with E-state index in [9.17, 15) is 4.89 Å². The molecule has 0 aliphatic carbocycles. The normalized spacial score (nSPS) is 23.4. The highest BCUT2D eigenvalue weighted by atomic mass is 31.2. The van der Waals surface area contributed by atoms with E-state index in [-0.39, 0.29) is 19.1 Å². The standard InChI is InChI=1S/C10H18NO4P/c11-6-4-8-14-16(12)15-9-10-5-2-1-3-7-13-10/h10,12H,1-5,7-9H2/t10-,16?/m0/s1. The molecule has 16 heavy (non-hydrogen) atoms. The van der Waals surface area contributed by atoms with Crippen LogP contribution in [0.4, 0.5) is 0 Å². The molecule has 1 saturated heterocycles. The van der Waals surface area contributed by atoms with Crippen LogP contribution < -0.4 is 0 Å². The van der Waals surface area contributed by atoms with Gasteiger partial charge in [0.15, 0.2) is 0 Å². The molecule has 2 atom stereocenters. The molecule has 1 N–H and O–H groups in total. The predicted molar refractivity (Wildman–Crippen MR) is 59.5 cm³/mol. The van der Waals surface area contributed by atoms with Crippen molar-refractivity contribution >= 4 is 8.60 Å². The van der Waals surface area contributed by atoms with Crippen molar-refractivity contribution in [3.8, 4) is 6.07 Å². The second-order valence-corrected chi connectivity index (χ2v) is 4.61. The van der Waals surface area contributed by atoms with Crippen molar-refractivity contribution in [2.45, 2.75) is 38.2 Å². The van der Waals surface area contributed by atoms with Crippen molar-refractivity contribution in [2.75, 3.05) is 19.8 Å². The van der Waals surface area contributed by atoms with E-state index >= 15 is 0 Å². The number of nitrogens with zero attached hydrogens (tertiary/aromatic N) is 1. The number of rotatable bonds is 6. The van der Waals surface area contributed by atoms with Crippen LogP contribution in [0, 0.1) is 11.3 Å². The van der Waals surface area contributed by atoms with Crippen LogP contribution in [0.5, 0.6) is 0 Å². The van der Waals surface area contributed by atoms with Crippen LogP contribution in [-0.4, -0.2) is 30.8 Å². The van der Waals surface area contributed by atoms with Crippen LogP contribution >= 0.6 is 8.60 Å². The highest BCUT2D eigenvalue weighted by molar-refractivity contribution is 7.40. The zero-order valence-electron chi connectivity index (χ0n) is 9.30. The molecule has 0 saturated carbocycles. The summed E-state index contributed by atoms with van der Waals surface area (Å²) < 4.78 is 15.6. The molecular formula is C10H18NO4P. The first-order chi connectivity index (χ1) is 7.83. The second kappa shape index (κ2) is 8.86. The Morgan fingerprint density at radius 1 is 1.38 bits per heavy atom. The highest BCUT2D eigenvalue weighted by Crippen LogP contribution is 2.33. The summed E-state index contributed by atoms with van der Waals surface area (Å²) in [7, 11) is -1.86. The molecule has 0 radical (unpaired) electrons. The maximum absolute atomic E-state index is 9.33. The van der Waals surface area contributed by atoms with E-state index in [0.717, 1.165) is 25.9 Å². The predicted octanol–water partition coefficient (Wildman–Crippen LogP) is 2.11. The van der Waals surface area contributed by atoms with Crippen molar-refractivity contribution in [2.24, 2.45) is 0 Å². The Morgan fingerprint density at radius 2 is 2.25 bits per heavy atom. The van der Waals surface area contributed by atoms with Gasteiger partial charge >= 0.3 is 8.60 Å². The van der Waals surface area contributed by atoms with Gasteiger partial charge in [0.2, 0.25) is 0 Å². The molecule has 6 heteroatoms. The van der Waals surface area contributed by atoms with Crippen LogP contribution in [0.15, 0.2) is 0 Å². The molecule has 92 valence electrons. The van der Waals surface area contributed by atoms with Gasteiger partial charge in [-0.2, -0.15) is 5.26 Å². The van der Waals surface area contributed by atoms with Gasteiger partial charge in [-0.05, 0) is 12.8 Å². The topological polar surface area (TPSA) is 71.7 Å². The van der Waals surface area contributed by atoms with Crippen molar-refractivity contribution in [1.82, 2.24) is 0 Å². The van der Waals surface area contributed by atoms with E-state index in [1.807, 2.05) is 6.07 Å².